The van der Waals surface area contributed by atoms with Gasteiger partial charge < -0.3 is 5.11 Å². The largest absolute Gasteiger partial charge is 0.481 e. The Morgan fingerprint density at radius 3 is 2.62 bits per heavy atom. The van der Waals surface area contributed by atoms with Gasteiger partial charge in [0.2, 0.25) is 10.0 Å². The summed E-state index contributed by atoms with van der Waals surface area (Å²) in [6.45, 7) is 0.0880. The number of nitrogens with zero attached hydrogens (tertiary/aromatic N) is 1. The lowest BCUT2D eigenvalue weighted by Crippen LogP contribution is -2.23. The van der Waals surface area contributed by atoms with Gasteiger partial charge in [-0.05, 0) is 23.3 Å². The maximum Gasteiger partial charge on any atom is 0.307 e. The highest BCUT2D eigenvalue weighted by Gasteiger charge is 2.13. The first-order chi connectivity index (χ1) is 9.97. The minimum Gasteiger partial charge on any atom is -0.481 e. The Hall–Kier alpha value is -2.25. The Kier molecular flexibility index (Phi) is 4.66. The number of hydrogen-bond acceptors (Lipinski definition) is 4. The van der Waals surface area contributed by atoms with Gasteiger partial charge in [0.15, 0.2) is 0 Å². The predicted molar refractivity (Wildman–Crippen MR) is 76.0 cm³/mol. The van der Waals surface area contributed by atoms with Crippen LogP contribution in [0.25, 0.3) is 0 Å². The third-order valence-corrected chi connectivity index (χ3v) is 4.14. The van der Waals surface area contributed by atoms with Crippen LogP contribution in [-0.4, -0.2) is 24.5 Å². The van der Waals surface area contributed by atoms with Gasteiger partial charge in [0.05, 0.1) is 6.42 Å². The van der Waals surface area contributed by atoms with Gasteiger partial charge in [-0.2, -0.15) is 0 Å². The molecule has 0 aliphatic carbocycles. The standard InChI is InChI=1S/C14H14N2O4S/c17-14(18)8-11-3-1-4-12(7-11)9-16-21(19,20)13-5-2-6-15-10-13/h1-7,10,16H,8-9H2,(H,17,18). The lowest BCUT2D eigenvalue weighted by atomic mass is 10.1. The maximum absolute atomic E-state index is 12.0. The Morgan fingerprint density at radius 1 is 1.19 bits per heavy atom. The summed E-state index contributed by atoms with van der Waals surface area (Å²) in [5.41, 5.74) is 1.32. The molecule has 0 bridgehead atoms. The van der Waals surface area contributed by atoms with Crippen LogP contribution < -0.4 is 4.72 Å². The zero-order valence-corrected chi connectivity index (χ0v) is 11.9. The van der Waals surface area contributed by atoms with Gasteiger partial charge in [0.1, 0.15) is 4.90 Å². The van der Waals surface area contributed by atoms with Gasteiger partial charge in [-0.1, -0.05) is 24.3 Å². The fourth-order valence-electron chi connectivity index (χ4n) is 1.79. The highest BCUT2D eigenvalue weighted by atomic mass is 32.2. The van der Waals surface area contributed by atoms with Crippen LogP contribution >= 0.6 is 0 Å². The van der Waals surface area contributed by atoms with Crippen molar-refractivity contribution in [3.63, 3.8) is 0 Å². The normalized spacial score (nSPS) is 11.2. The second-order valence-electron chi connectivity index (χ2n) is 4.40. The zero-order valence-electron chi connectivity index (χ0n) is 11.1. The molecule has 0 aliphatic rings. The molecule has 0 amide bonds. The number of aliphatic carboxylic acids is 1. The van der Waals surface area contributed by atoms with E-state index in [-0.39, 0.29) is 17.9 Å². The summed E-state index contributed by atoms with van der Waals surface area (Å²) in [4.78, 5) is 14.5. The third kappa shape index (κ3) is 4.37. The molecule has 0 unspecified atom stereocenters. The van der Waals surface area contributed by atoms with Crippen molar-refractivity contribution in [1.29, 1.82) is 0 Å². The molecule has 0 spiro atoms. The number of carboxylic acids is 1. The average molecular weight is 306 g/mol. The molecule has 2 rings (SSSR count). The van der Waals surface area contributed by atoms with Gasteiger partial charge in [-0.25, -0.2) is 13.1 Å². The van der Waals surface area contributed by atoms with Crippen molar-refractivity contribution in [3.8, 4) is 0 Å². The molecule has 1 heterocycles. The first-order valence-corrected chi connectivity index (χ1v) is 7.65. The summed E-state index contributed by atoms with van der Waals surface area (Å²) in [7, 11) is -3.62. The fourth-order valence-corrected chi connectivity index (χ4v) is 2.77. The summed E-state index contributed by atoms with van der Waals surface area (Å²) >= 11 is 0. The van der Waals surface area contributed by atoms with E-state index in [0.29, 0.717) is 11.1 Å². The van der Waals surface area contributed by atoms with Crippen molar-refractivity contribution >= 4 is 16.0 Å². The number of pyridine rings is 1. The SMILES string of the molecule is O=C(O)Cc1cccc(CNS(=O)(=O)c2cccnc2)c1. The van der Waals surface area contributed by atoms with Gasteiger partial charge in [-0.15, -0.1) is 0 Å². The average Bonchev–Trinajstić information content (AvgIpc) is 2.46. The molecule has 1 aromatic carbocycles. The van der Waals surface area contributed by atoms with Gasteiger partial charge in [0, 0.05) is 18.9 Å². The highest BCUT2D eigenvalue weighted by Crippen LogP contribution is 2.09. The van der Waals surface area contributed by atoms with E-state index in [4.69, 9.17) is 5.11 Å². The van der Waals surface area contributed by atoms with E-state index in [1.807, 2.05) is 0 Å². The molecule has 7 heteroatoms. The van der Waals surface area contributed by atoms with Crippen LogP contribution in [0.5, 0.6) is 0 Å². The number of carboxylic acid groups (broad SMARTS) is 1. The lowest BCUT2D eigenvalue weighted by molar-refractivity contribution is -0.136. The topological polar surface area (TPSA) is 96.4 Å². The van der Waals surface area contributed by atoms with E-state index in [9.17, 15) is 13.2 Å². The summed E-state index contributed by atoms with van der Waals surface area (Å²) in [6, 6.07) is 9.79. The summed E-state index contributed by atoms with van der Waals surface area (Å²) in [5.74, 6) is -0.928. The lowest BCUT2D eigenvalue weighted by Gasteiger charge is -2.07. The Morgan fingerprint density at radius 2 is 1.95 bits per heavy atom. The smallest absolute Gasteiger partial charge is 0.307 e. The number of nitrogens with one attached hydrogen (secondary N) is 1. The molecule has 0 fully saturated rings. The second kappa shape index (κ2) is 6.47. The van der Waals surface area contributed by atoms with E-state index in [2.05, 4.69) is 9.71 Å². The fraction of sp³-hybridized carbons (Fsp3) is 0.143. The minimum absolute atomic E-state index is 0.0880. The second-order valence-corrected chi connectivity index (χ2v) is 6.17. The van der Waals surface area contributed by atoms with Crippen molar-refractivity contribution in [1.82, 2.24) is 9.71 Å². The number of hydrogen-bond donors (Lipinski definition) is 2. The molecule has 0 atom stereocenters. The van der Waals surface area contributed by atoms with E-state index in [1.165, 1.54) is 18.5 Å². The number of aromatic nitrogens is 1. The number of benzene rings is 1. The number of carbonyl (C=O) groups is 1. The van der Waals surface area contributed by atoms with Crippen LogP contribution in [0, 0.1) is 0 Å². The van der Waals surface area contributed by atoms with Crippen molar-refractivity contribution in [3.05, 3.63) is 59.9 Å². The first kappa shape index (κ1) is 15.1. The minimum atomic E-state index is -3.62. The monoisotopic (exact) mass is 306 g/mol. The van der Waals surface area contributed by atoms with Crippen LogP contribution in [0.15, 0.2) is 53.7 Å². The Labute approximate surface area is 122 Å². The van der Waals surface area contributed by atoms with Crippen molar-refractivity contribution < 1.29 is 18.3 Å². The molecule has 1 aromatic heterocycles. The number of sulfonamides is 1. The van der Waals surface area contributed by atoms with Crippen molar-refractivity contribution in [2.24, 2.45) is 0 Å². The molecule has 110 valence electrons. The maximum atomic E-state index is 12.0. The van der Waals surface area contributed by atoms with Crippen LogP contribution in [0.4, 0.5) is 0 Å². The molecule has 0 saturated carbocycles. The molecule has 0 saturated heterocycles. The van der Waals surface area contributed by atoms with Crippen LogP contribution in [0.2, 0.25) is 0 Å². The number of rotatable bonds is 6. The molecular weight excluding hydrogens is 292 g/mol. The van der Waals surface area contributed by atoms with E-state index in [1.54, 1.807) is 30.3 Å². The van der Waals surface area contributed by atoms with Crippen molar-refractivity contribution in [2.45, 2.75) is 17.9 Å². The van der Waals surface area contributed by atoms with Gasteiger partial charge in [-0.3, -0.25) is 9.78 Å². The molecule has 0 radical (unpaired) electrons. The van der Waals surface area contributed by atoms with Crippen LogP contribution in [0.1, 0.15) is 11.1 Å². The third-order valence-electron chi connectivity index (χ3n) is 2.76. The summed E-state index contributed by atoms with van der Waals surface area (Å²) in [5, 5.41) is 8.75. The van der Waals surface area contributed by atoms with Crippen LogP contribution in [0.3, 0.4) is 0 Å². The summed E-state index contributed by atoms with van der Waals surface area (Å²) < 4.78 is 26.5. The molecule has 2 N–H and O–H groups in total. The van der Waals surface area contributed by atoms with Crippen molar-refractivity contribution in [2.75, 3.05) is 0 Å². The molecule has 0 aliphatic heterocycles. The quantitative estimate of drug-likeness (QED) is 0.835. The summed E-state index contributed by atoms with van der Waals surface area (Å²) in [6.07, 6.45) is 2.67. The Balaban J connectivity index is 2.08. The van der Waals surface area contributed by atoms with Crippen LogP contribution in [-0.2, 0) is 27.8 Å². The highest BCUT2D eigenvalue weighted by molar-refractivity contribution is 7.89. The van der Waals surface area contributed by atoms with E-state index in [0.717, 1.165) is 0 Å². The Bertz CT molecular complexity index is 730. The zero-order chi connectivity index (χ0) is 15.3. The predicted octanol–water partition coefficient (Wildman–Crippen LogP) is 1.19. The van der Waals surface area contributed by atoms with E-state index < -0.39 is 16.0 Å². The molecule has 2 aromatic rings. The van der Waals surface area contributed by atoms with Gasteiger partial charge >= 0.3 is 5.97 Å². The van der Waals surface area contributed by atoms with Gasteiger partial charge in [0.25, 0.3) is 0 Å². The van der Waals surface area contributed by atoms with E-state index >= 15 is 0 Å². The molecule has 6 nitrogen and oxygen atoms in total. The first-order valence-electron chi connectivity index (χ1n) is 6.17. The molecule has 21 heavy (non-hydrogen) atoms. The molecular formula is C14H14N2O4S.